The summed E-state index contributed by atoms with van der Waals surface area (Å²) in [5.74, 6) is 0.106. The molecule has 0 aliphatic rings. The van der Waals surface area contributed by atoms with Crippen molar-refractivity contribution in [3.05, 3.63) is 71.0 Å². The number of carbonyl (C=O) groups is 2. The third-order valence-electron chi connectivity index (χ3n) is 4.78. The van der Waals surface area contributed by atoms with E-state index in [1.54, 1.807) is 30.5 Å². The maximum atomic E-state index is 13.1. The average molecular weight is 444 g/mol. The SMILES string of the molecule is CCN(CC(=O)Nc1cc(Cl)ccc1C)C(=O)CCc1ncc(-c2ccc(F)cc2)o1. The molecule has 2 aromatic carbocycles. The zero-order valence-corrected chi connectivity index (χ0v) is 18.1. The van der Waals surface area contributed by atoms with Gasteiger partial charge in [-0.15, -0.1) is 0 Å². The molecular formula is C23H23ClFN3O3. The molecule has 6 nitrogen and oxygen atoms in total. The van der Waals surface area contributed by atoms with Gasteiger partial charge in [0.05, 0.1) is 12.7 Å². The highest BCUT2D eigenvalue weighted by atomic mass is 35.5. The van der Waals surface area contributed by atoms with Crippen molar-refractivity contribution in [1.82, 2.24) is 9.88 Å². The Kier molecular flexibility index (Phi) is 7.41. The van der Waals surface area contributed by atoms with Crippen molar-refractivity contribution < 1.29 is 18.4 Å². The van der Waals surface area contributed by atoms with Crippen LogP contribution in [0.15, 0.2) is 53.1 Å². The van der Waals surface area contributed by atoms with Crippen LogP contribution in [0.3, 0.4) is 0 Å². The molecule has 0 unspecified atom stereocenters. The van der Waals surface area contributed by atoms with Crippen LogP contribution in [0.2, 0.25) is 5.02 Å². The highest BCUT2D eigenvalue weighted by molar-refractivity contribution is 6.31. The number of nitrogens with zero attached hydrogens (tertiary/aromatic N) is 2. The summed E-state index contributed by atoms with van der Waals surface area (Å²) in [7, 11) is 0. The third-order valence-corrected chi connectivity index (χ3v) is 5.01. The molecule has 1 N–H and O–H groups in total. The third kappa shape index (κ3) is 6.15. The summed E-state index contributed by atoms with van der Waals surface area (Å²) in [5, 5.41) is 3.32. The number of amides is 2. The van der Waals surface area contributed by atoms with E-state index in [0.29, 0.717) is 40.9 Å². The fourth-order valence-electron chi connectivity index (χ4n) is 3.01. The molecule has 3 rings (SSSR count). The van der Waals surface area contributed by atoms with Crippen LogP contribution in [-0.4, -0.2) is 34.8 Å². The minimum absolute atomic E-state index is 0.0618. The molecule has 31 heavy (non-hydrogen) atoms. The molecule has 0 saturated carbocycles. The highest BCUT2D eigenvalue weighted by Crippen LogP contribution is 2.22. The Hall–Kier alpha value is -3.19. The lowest BCUT2D eigenvalue weighted by atomic mass is 10.2. The van der Waals surface area contributed by atoms with E-state index >= 15 is 0 Å². The summed E-state index contributed by atoms with van der Waals surface area (Å²) >= 11 is 5.98. The summed E-state index contributed by atoms with van der Waals surface area (Å²) in [4.78, 5) is 30.6. The Morgan fingerprint density at radius 3 is 2.65 bits per heavy atom. The number of benzene rings is 2. The molecule has 1 heterocycles. The number of aryl methyl sites for hydroxylation is 2. The first-order valence-electron chi connectivity index (χ1n) is 9.90. The van der Waals surface area contributed by atoms with Crippen LogP contribution in [-0.2, 0) is 16.0 Å². The molecule has 0 atom stereocenters. The second-order valence-electron chi connectivity index (χ2n) is 7.04. The molecule has 0 fully saturated rings. The number of nitrogens with one attached hydrogen (secondary N) is 1. The molecule has 3 aromatic rings. The van der Waals surface area contributed by atoms with E-state index < -0.39 is 0 Å². The average Bonchev–Trinajstić information content (AvgIpc) is 3.22. The molecule has 2 amide bonds. The van der Waals surface area contributed by atoms with Crippen LogP contribution >= 0.6 is 11.6 Å². The fraction of sp³-hybridized carbons (Fsp3) is 0.261. The predicted octanol–water partition coefficient (Wildman–Crippen LogP) is 4.86. The summed E-state index contributed by atoms with van der Waals surface area (Å²) in [6.07, 6.45) is 2.00. The van der Waals surface area contributed by atoms with Gasteiger partial charge in [-0.2, -0.15) is 0 Å². The Morgan fingerprint density at radius 1 is 1.19 bits per heavy atom. The van der Waals surface area contributed by atoms with Gasteiger partial charge >= 0.3 is 0 Å². The van der Waals surface area contributed by atoms with E-state index in [2.05, 4.69) is 10.3 Å². The Labute approximate surface area is 185 Å². The van der Waals surface area contributed by atoms with Gasteiger partial charge in [-0.1, -0.05) is 17.7 Å². The molecule has 162 valence electrons. The summed E-state index contributed by atoms with van der Waals surface area (Å²) in [6, 6.07) is 11.1. The standard InChI is InChI=1S/C23H23ClFN3O3/c1-3-28(14-21(29)27-19-12-17(24)7-4-15(19)2)23(30)11-10-22-26-13-20(31-22)16-5-8-18(25)9-6-16/h4-9,12-13H,3,10-11,14H2,1-2H3,(H,27,29). The lowest BCUT2D eigenvalue weighted by Crippen LogP contribution is -2.38. The summed E-state index contributed by atoms with van der Waals surface area (Å²) < 4.78 is 18.7. The Balaban J connectivity index is 1.54. The van der Waals surface area contributed by atoms with Crippen LogP contribution in [0.1, 0.15) is 24.8 Å². The molecule has 8 heteroatoms. The number of rotatable bonds is 8. The Morgan fingerprint density at radius 2 is 1.94 bits per heavy atom. The normalized spacial score (nSPS) is 10.7. The minimum Gasteiger partial charge on any atom is -0.441 e. The molecule has 0 bridgehead atoms. The zero-order chi connectivity index (χ0) is 22.4. The first kappa shape index (κ1) is 22.5. The number of anilines is 1. The van der Waals surface area contributed by atoms with Crippen molar-refractivity contribution in [3.63, 3.8) is 0 Å². The van der Waals surface area contributed by atoms with E-state index in [9.17, 15) is 14.0 Å². The topological polar surface area (TPSA) is 75.4 Å². The van der Waals surface area contributed by atoms with Gasteiger partial charge in [-0.3, -0.25) is 9.59 Å². The van der Waals surface area contributed by atoms with E-state index in [1.165, 1.54) is 17.0 Å². The van der Waals surface area contributed by atoms with Crippen molar-refractivity contribution in [2.45, 2.75) is 26.7 Å². The van der Waals surface area contributed by atoms with Crippen molar-refractivity contribution in [2.24, 2.45) is 0 Å². The maximum absolute atomic E-state index is 13.1. The van der Waals surface area contributed by atoms with Gasteiger partial charge in [0.2, 0.25) is 11.8 Å². The van der Waals surface area contributed by atoms with E-state index in [4.69, 9.17) is 16.0 Å². The second-order valence-corrected chi connectivity index (χ2v) is 7.48. The molecule has 0 spiro atoms. The highest BCUT2D eigenvalue weighted by Gasteiger charge is 2.17. The number of oxazole rings is 1. The number of hydrogen-bond donors (Lipinski definition) is 1. The van der Waals surface area contributed by atoms with E-state index in [-0.39, 0.29) is 30.6 Å². The maximum Gasteiger partial charge on any atom is 0.244 e. The van der Waals surface area contributed by atoms with Gasteiger partial charge in [-0.05, 0) is 55.8 Å². The van der Waals surface area contributed by atoms with Gasteiger partial charge in [0, 0.05) is 35.7 Å². The smallest absolute Gasteiger partial charge is 0.244 e. The van der Waals surface area contributed by atoms with Crippen molar-refractivity contribution in [2.75, 3.05) is 18.4 Å². The molecule has 0 radical (unpaired) electrons. The van der Waals surface area contributed by atoms with Crippen LogP contribution < -0.4 is 5.32 Å². The van der Waals surface area contributed by atoms with Crippen molar-refractivity contribution >= 4 is 29.1 Å². The fourth-order valence-corrected chi connectivity index (χ4v) is 3.19. The predicted molar refractivity (Wildman–Crippen MR) is 117 cm³/mol. The van der Waals surface area contributed by atoms with Crippen LogP contribution in [0, 0.1) is 12.7 Å². The summed E-state index contributed by atoms with van der Waals surface area (Å²) in [5.41, 5.74) is 2.21. The number of likely N-dealkylation sites (N-methyl/N-ethyl adjacent to an activating group) is 1. The van der Waals surface area contributed by atoms with Crippen LogP contribution in [0.4, 0.5) is 10.1 Å². The van der Waals surface area contributed by atoms with Crippen molar-refractivity contribution in [1.29, 1.82) is 0 Å². The number of carbonyl (C=O) groups excluding carboxylic acids is 2. The molecule has 0 aliphatic carbocycles. The lowest BCUT2D eigenvalue weighted by Gasteiger charge is -2.20. The second kappa shape index (κ2) is 10.2. The van der Waals surface area contributed by atoms with Crippen LogP contribution in [0.25, 0.3) is 11.3 Å². The van der Waals surface area contributed by atoms with Crippen LogP contribution in [0.5, 0.6) is 0 Å². The van der Waals surface area contributed by atoms with Gasteiger partial charge in [0.15, 0.2) is 11.7 Å². The Bertz CT molecular complexity index is 1070. The molecule has 0 aliphatic heterocycles. The van der Waals surface area contributed by atoms with E-state index in [0.717, 1.165) is 5.56 Å². The lowest BCUT2D eigenvalue weighted by molar-refractivity contribution is -0.134. The molecule has 0 saturated heterocycles. The minimum atomic E-state index is -0.330. The zero-order valence-electron chi connectivity index (χ0n) is 17.3. The molecule has 1 aromatic heterocycles. The monoisotopic (exact) mass is 443 g/mol. The number of hydrogen-bond acceptors (Lipinski definition) is 4. The van der Waals surface area contributed by atoms with E-state index in [1.807, 2.05) is 19.9 Å². The quantitative estimate of drug-likeness (QED) is 0.539. The first-order chi connectivity index (χ1) is 14.9. The van der Waals surface area contributed by atoms with Gasteiger partial charge in [0.25, 0.3) is 0 Å². The number of aromatic nitrogens is 1. The molecular weight excluding hydrogens is 421 g/mol. The largest absolute Gasteiger partial charge is 0.441 e. The number of halogens is 2. The van der Waals surface area contributed by atoms with Gasteiger partial charge in [-0.25, -0.2) is 9.37 Å². The summed E-state index contributed by atoms with van der Waals surface area (Å²) in [6.45, 7) is 4.01. The first-order valence-corrected chi connectivity index (χ1v) is 10.3. The van der Waals surface area contributed by atoms with Gasteiger partial charge < -0.3 is 14.6 Å². The van der Waals surface area contributed by atoms with Crippen molar-refractivity contribution in [3.8, 4) is 11.3 Å². The van der Waals surface area contributed by atoms with Gasteiger partial charge in [0.1, 0.15) is 5.82 Å².